The van der Waals surface area contributed by atoms with Crippen LogP contribution in [0.1, 0.15) is 5.56 Å². The Bertz CT molecular complexity index is 807. The van der Waals surface area contributed by atoms with E-state index in [9.17, 15) is 0 Å². The fourth-order valence-corrected chi connectivity index (χ4v) is 2.66. The molecule has 1 aromatic carbocycles. The normalized spacial score (nSPS) is 15.4. The van der Waals surface area contributed by atoms with Crippen LogP contribution in [0.5, 0.6) is 0 Å². The first-order valence-corrected chi connectivity index (χ1v) is 7.41. The van der Waals surface area contributed by atoms with Gasteiger partial charge in [0, 0.05) is 13.1 Å². The van der Waals surface area contributed by atoms with Crippen molar-refractivity contribution in [2.45, 2.75) is 6.92 Å². The van der Waals surface area contributed by atoms with Crippen LogP contribution in [0.4, 0.5) is 5.82 Å². The van der Waals surface area contributed by atoms with Crippen molar-refractivity contribution in [1.29, 1.82) is 0 Å². The molecule has 0 amide bonds. The van der Waals surface area contributed by atoms with Crippen molar-refractivity contribution in [2.24, 2.45) is 0 Å². The van der Waals surface area contributed by atoms with Gasteiger partial charge in [0.1, 0.15) is 11.5 Å². The molecule has 0 saturated carbocycles. The summed E-state index contributed by atoms with van der Waals surface area (Å²) in [4.78, 5) is 19.1. The Morgan fingerprint density at radius 3 is 2.86 bits per heavy atom. The molecule has 0 atom stereocenters. The van der Waals surface area contributed by atoms with E-state index in [-0.39, 0.29) is 0 Å². The summed E-state index contributed by atoms with van der Waals surface area (Å²) in [5.74, 6) is 1.63. The highest BCUT2D eigenvalue weighted by atomic mass is 16.5. The molecule has 1 fully saturated rings. The van der Waals surface area contributed by atoms with E-state index in [2.05, 4.69) is 38.9 Å². The summed E-state index contributed by atoms with van der Waals surface area (Å²) in [5, 5.41) is 0. The average Bonchev–Trinajstić information content (AvgIpc) is 2.99. The van der Waals surface area contributed by atoms with Crippen molar-refractivity contribution in [3.63, 3.8) is 0 Å². The third-order valence-corrected chi connectivity index (χ3v) is 3.84. The standard InChI is InChI=1S/C16H17N5O/c1-11-2-3-12-13(8-11)20-16(19-12)14-9-17-10-15(18-14)21-4-6-22-7-5-21/h2-3,8-10H,4-7H2,1H3,(H,19,20). The molecule has 22 heavy (non-hydrogen) atoms. The summed E-state index contributed by atoms with van der Waals surface area (Å²) in [6.07, 6.45) is 3.54. The number of fused-ring (bicyclic) bond motifs is 1. The number of anilines is 1. The van der Waals surface area contributed by atoms with E-state index in [0.29, 0.717) is 0 Å². The van der Waals surface area contributed by atoms with Gasteiger partial charge in [-0.15, -0.1) is 0 Å². The minimum atomic E-state index is 0.732. The van der Waals surface area contributed by atoms with E-state index in [4.69, 9.17) is 9.72 Å². The van der Waals surface area contributed by atoms with Crippen molar-refractivity contribution in [2.75, 3.05) is 31.2 Å². The highest BCUT2D eigenvalue weighted by Crippen LogP contribution is 2.21. The van der Waals surface area contributed by atoms with E-state index >= 15 is 0 Å². The molecule has 1 saturated heterocycles. The van der Waals surface area contributed by atoms with Crippen LogP contribution in [-0.2, 0) is 4.74 Å². The number of H-pyrrole nitrogens is 1. The molecule has 3 heterocycles. The third kappa shape index (κ3) is 2.42. The molecule has 0 unspecified atom stereocenters. The number of imidazole rings is 1. The Morgan fingerprint density at radius 1 is 1.14 bits per heavy atom. The monoisotopic (exact) mass is 295 g/mol. The van der Waals surface area contributed by atoms with Crippen LogP contribution in [-0.4, -0.2) is 46.2 Å². The van der Waals surface area contributed by atoms with Gasteiger partial charge in [0.2, 0.25) is 0 Å². The molecule has 2 aromatic heterocycles. The van der Waals surface area contributed by atoms with Gasteiger partial charge in [-0.05, 0) is 24.6 Å². The van der Waals surface area contributed by atoms with Crippen molar-refractivity contribution < 1.29 is 4.74 Å². The van der Waals surface area contributed by atoms with Gasteiger partial charge in [-0.1, -0.05) is 6.07 Å². The van der Waals surface area contributed by atoms with Gasteiger partial charge in [0.05, 0.1) is 36.6 Å². The topological polar surface area (TPSA) is 66.9 Å². The minimum Gasteiger partial charge on any atom is -0.378 e. The number of nitrogens with one attached hydrogen (secondary N) is 1. The number of rotatable bonds is 2. The Kier molecular flexibility index (Phi) is 3.23. The molecule has 4 rings (SSSR count). The predicted molar refractivity (Wildman–Crippen MR) is 84.9 cm³/mol. The summed E-state index contributed by atoms with van der Waals surface area (Å²) < 4.78 is 5.38. The maximum absolute atomic E-state index is 5.38. The first-order valence-electron chi connectivity index (χ1n) is 7.41. The highest BCUT2D eigenvalue weighted by Gasteiger charge is 2.14. The lowest BCUT2D eigenvalue weighted by molar-refractivity contribution is 0.122. The van der Waals surface area contributed by atoms with Gasteiger partial charge >= 0.3 is 0 Å². The van der Waals surface area contributed by atoms with Gasteiger partial charge < -0.3 is 14.6 Å². The largest absolute Gasteiger partial charge is 0.378 e. The number of hydrogen-bond acceptors (Lipinski definition) is 5. The molecule has 6 nitrogen and oxygen atoms in total. The lowest BCUT2D eigenvalue weighted by atomic mass is 10.2. The quantitative estimate of drug-likeness (QED) is 0.785. The van der Waals surface area contributed by atoms with E-state index in [1.54, 1.807) is 12.4 Å². The molecule has 112 valence electrons. The second-order valence-electron chi connectivity index (χ2n) is 5.47. The van der Waals surface area contributed by atoms with Crippen molar-refractivity contribution >= 4 is 16.9 Å². The predicted octanol–water partition coefficient (Wildman–Crippen LogP) is 2.16. The summed E-state index contributed by atoms with van der Waals surface area (Å²) in [7, 11) is 0. The number of benzene rings is 1. The molecular weight excluding hydrogens is 278 g/mol. The molecular formula is C16H17N5O. The number of nitrogens with zero attached hydrogens (tertiary/aromatic N) is 4. The zero-order valence-electron chi connectivity index (χ0n) is 12.4. The van der Waals surface area contributed by atoms with Crippen LogP contribution in [0.25, 0.3) is 22.6 Å². The van der Waals surface area contributed by atoms with Gasteiger partial charge in [-0.2, -0.15) is 0 Å². The van der Waals surface area contributed by atoms with Crippen LogP contribution in [0, 0.1) is 6.92 Å². The number of aromatic nitrogens is 4. The highest BCUT2D eigenvalue weighted by molar-refractivity contribution is 5.79. The summed E-state index contributed by atoms with van der Waals surface area (Å²) in [6.45, 7) is 5.22. The molecule has 6 heteroatoms. The van der Waals surface area contributed by atoms with Crippen molar-refractivity contribution in [3.8, 4) is 11.5 Å². The average molecular weight is 295 g/mol. The van der Waals surface area contributed by atoms with E-state index < -0.39 is 0 Å². The number of aryl methyl sites for hydroxylation is 1. The third-order valence-electron chi connectivity index (χ3n) is 3.84. The Hall–Kier alpha value is -2.47. The van der Waals surface area contributed by atoms with Crippen LogP contribution in [0.15, 0.2) is 30.6 Å². The fraction of sp³-hybridized carbons (Fsp3) is 0.312. The molecule has 0 aliphatic carbocycles. The molecule has 3 aromatic rings. The van der Waals surface area contributed by atoms with Crippen molar-refractivity contribution in [1.82, 2.24) is 19.9 Å². The zero-order chi connectivity index (χ0) is 14.9. The van der Waals surface area contributed by atoms with Gasteiger partial charge in [0.15, 0.2) is 5.82 Å². The molecule has 0 radical (unpaired) electrons. The number of ether oxygens (including phenoxy) is 1. The molecule has 1 aliphatic rings. The van der Waals surface area contributed by atoms with Gasteiger partial charge in [-0.3, -0.25) is 4.98 Å². The Labute approximate surface area is 128 Å². The van der Waals surface area contributed by atoms with Crippen LogP contribution >= 0.6 is 0 Å². The minimum absolute atomic E-state index is 0.732. The van der Waals surface area contributed by atoms with Gasteiger partial charge in [0.25, 0.3) is 0 Å². The first-order chi connectivity index (χ1) is 10.8. The van der Waals surface area contributed by atoms with Crippen LogP contribution < -0.4 is 4.90 Å². The zero-order valence-corrected chi connectivity index (χ0v) is 12.4. The number of aromatic amines is 1. The van der Waals surface area contributed by atoms with Crippen molar-refractivity contribution in [3.05, 3.63) is 36.2 Å². The fourth-order valence-electron chi connectivity index (χ4n) is 2.66. The SMILES string of the molecule is Cc1ccc2nc(-c3cncc(N4CCOCC4)n3)[nH]c2c1. The summed E-state index contributed by atoms with van der Waals surface area (Å²) in [5.41, 5.74) is 3.93. The molecule has 0 bridgehead atoms. The van der Waals surface area contributed by atoms with Crippen LogP contribution in [0.3, 0.4) is 0 Å². The number of hydrogen-bond donors (Lipinski definition) is 1. The lowest BCUT2D eigenvalue weighted by Gasteiger charge is -2.27. The lowest BCUT2D eigenvalue weighted by Crippen LogP contribution is -2.36. The Balaban J connectivity index is 1.71. The second kappa shape index (κ2) is 5.38. The first kappa shape index (κ1) is 13.2. The maximum Gasteiger partial charge on any atom is 0.158 e. The second-order valence-corrected chi connectivity index (χ2v) is 5.47. The maximum atomic E-state index is 5.38. The van der Waals surface area contributed by atoms with Gasteiger partial charge in [-0.25, -0.2) is 9.97 Å². The van der Waals surface area contributed by atoms with E-state index in [1.807, 2.05) is 6.07 Å². The van der Waals surface area contributed by atoms with Crippen LogP contribution in [0.2, 0.25) is 0 Å². The van der Waals surface area contributed by atoms with E-state index in [0.717, 1.165) is 54.7 Å². The molecule has 1 aliphatic heterocycles. The smallest absolute Gasteiger partial charge is 0.158 e. The summed E-state index contributed by atoms with van der Waals surface area (Å²) >= 11 is 0. The molecule has 1 N–H and O–H groups in total. The summed E-state index contributed by atoms with van der Waals surface area (Å²) in [6, 6.07) is 6.16. The van der Waals surface area contributed by atoms with E-state index in [1.165, 1.54) is 5.56 Å². The number of morpholine rings is 1. The Morgan fingerprint density at radius 2 is 2.00 bits per heavy atom. The molecule has 0 spiro atoms.